The summed E-state index contributed by atoms with van der Waals surface area (Å²) < 4.78 is 5.61. The highest BCUT2D eigenvalue weighted by molar-refractivity contribution is 5.77. The van der Waals surface area contributed by atoms with Crippen LogP contribution in [0.4, 0.5) is 0 Å². The van der Waals surface area contributed by atoms with Crippen LogP contribution in [0.25, 0.3) is 10.9 Å². The molecule has 88 valence electrons. The maximum Gasteiger partial charge on any atom is 0.316 e. The lowest BCUT2D eigenvalue weighted by Gasteiger charge is -2.10. The van der Waals surface area contributed by atoms with Gasteiger partial charge in [-0.2, -0.15) is 4.98 Å². The van der Waals surface area contributed by atoms with Gasteiger partial charge in [0.1, 0.15) is 6.61 Å². The number of aromatic nitrogens is 2. The zero-order valence-electron chi connectivity index (χ0n) is 9.60. The molecule has 17 heavy (non-hydrogen) atoms. The average Bonchev–Trinajstić information content (AvgIpc) is 2.89. The Kier molecular flexibility index (Phi) is 2.88. The summed E-state index contributed by atoms with van der Waals surface area (Å²) in [7, 11) is 0. The molecule has 2 aromatic rings. The Balaban J connectivity index is 1.72. The van der Waals surface area contributed by atoms with Gasteiger partial charge in [0.25, 0.3) is 0 Å². The molecule has 1 fully saturated rings. The maximum atomic E-state index is 5.61. The van der Waals surface area contributed by atoms with E-state index < -0.39 is 0 Å². The molecule has 1 saturated heterocycles. The summed E-state index contributed by atoms with van der Waals surface area (Å²) in [6.45, 7) is 1.74. The minimum Gasteiger partial charge on any atom is -0.462 e. The van der Waals surface area contributed by atoms with E-state index >= 15 is 0 Å². The van der Waals surface area contributed by atoms with Crippen molar-refractivity contribution in [1.82, 2.24) is 15.3 Å². The van der Waals surface area contributed by atoms with Crippen molar-refractivity contribution in [1.29, 1.82) is 0 Å². The summed E-state index contributed by atoms with van der Waals surface area (Å²) in [6.07, 6.45) is 4.21. The molecule has 1 aliphatic heterocycles. The first kappa shape index (κ1) is 10.5. The third-order valence-corrected chi connectivity index (χ3v) is 3.04. The van der Waals surface area contributed by atoms with Gasteiger partial charge >= 0.3 is 6.01 Å². The molecule has 1 atom stereocenters. The molecule has 0 aliphatic carbocycles. The van der Waals surface area contributed by atoms with Gasteiger partial charge in [-0.3, -0.25) is 0 Å². The zero-order chi connectivity index (χ0) is 11.5. The van der Waals surface area contributed by atoms with E-state index in [0.29, 0.717) is 18.7 Å². The lowest BCUT2D eigenvalue weighted by molar-refractivity contribution is 0.258. The molecule has 0 bridgehead atoms. The number of hydrogen-bond donors (Lipinski definition) is 1. The fourth-order valence-corrected chi connectivity index (χ4v) is 2.10. The molecular formula is C13H15N3O. The minimum absolute atomic E-state index is 0.449. The topological polar surface area (TPSA) is 47.0 Å². The van der Waals surface area contributed by atoms with Crippen LogP contribution in [-0.4, -0.2) is 29.2 Å². The molecule has 2 heterocycles. The quantitative estimate of drug-likeness (QED) is 0.871. The van der Waals surface area contributed by atoms with Gasteiger partial charge in [-0.1, -0.05) is 18.2 Å². The number of hydrogen-bond acceptors (Lipinski definition) is 4. The first-order valence-corrected chi connectivity index (χ1v) is 6.00. The van der Waals surface area contributed by atoms with E-state index in [2.05, 4.69) is 15.3 Å². The predicted molar refractivity (Wildman–Crippen MR) is 66.1 cm³/mol. The van der Waals surface area contributed by atoms with Crippen LogP contribution in [0.3, 0.4) is 0 Å². The Morgan fingerprint density at radius 1 is 1.35 bits per heavy atom. The Labute approximate surface area is 100 Å². The molecule has 1 aliphatic rings. The van der Waals surface area contributed by atoms with Gasteiger partial charge in [-0.25, -0.2) is 4.98 Å². The number of rotatable bonds is 3. The van der Waals surface area contributed by atoms with Crippen LogP contribution in [-0.2, 0) is 0 Å². The van der Waals surface area contributed by atoms with Gasteiger partial charge in [0.2, 0.25) is 0 Å². The second-order valence-corrected chi connectivity index (χ2v) is 4.32. The highest BCUT2D eigenvalue weighted by atomic mass is 16.5. The summed E-state index contributed by atoms with van der Waals surface area (Å²) in [5.41, 5.74) is 0.928. The van der Waals surface area contributed by atoms with Crippen molar-refractivity contribution >= 4 is 10.9 Å². The molecular weight excluding hydrogens is 214 g/mol. The predicted octanol–water partition coefficient (Wildman–Crippen LogP) is 1.76. The van der Waals surface area contributed by atoms with Crippen LogP contribution in [0.5, 0.6) is 6.01 Å². The van der Waals surface area contributed by atoms with E-state index in [0.717, 1.165) is 17.4 Å². The van der Waals surface area contributed by atoms with Gasteiger partial charge in [-0.05, 0) is 25.5 Å². The highest BCUT2D eigenvalue weighted by Gasteiger charge is 2.14. The van der Waals surface area contributed by atoms with Gasteiger partial charge in [0.15, 0.2) is 0 Å². The molecule has 1 N–H and O–H groups in total. The first-order chi connectivity index (χ1) is 8.42. The molecule has 1 aromatic carbocycles. The fraction of sp³-hybridized carbons (Fsp3) is 0.385. The Morgan fingerprint density at radius 2 is 2.29 bits per heavy atom. The Bertz CT molecular complexity index is 509. The van der Waals surface area contributed by atoms with Crippen molar-refractivity contribution in [2.45, 2.75) is 18.9 Å². The molecule has 4 nitrogen and oxygen atoms in total. The van der Waals surface area contributed by atoms with Crippen molar-refractivity contribution in [3.05, 3.63) is 30.5 Å². The van der Waals surface area contributed by atoms with Crippen LogP contribution < -0.4 is 10.1 Å². The molecule has 0 saturated carbocycles. The highest BCUT2D eigenvalue weighted by Crippen LogP contribution is 2.13. The van der Waals surface area contributed by atoms with E-state index in [9.17, 15) is 0 Å². The van der Waals surface area contributed by atoms with E-state index in [-0.39, 0.29) is 0 Å². The second-order valence-electron chi connectivity index (χ2n) is 4.32. The van der Waals surface area contributed by atoms with Crippen LogP contribution in [0.2, 0.25) is 0 Å². The lowest BCUT2D eigenvalue weighted by Crippen LogP contribution is -2.28. The van der Waals surface area contributed by atoms with Crippen molar-refractivity contribution in [3.63, 3.8) is 0 Å². The van der Waals surface area contributed by atoms with Crippen LogP contribution in [0.15, 0.2) is 30.5 Å². The minimum atomic E-state index is 0.449. The molecule has 3 rings (SSSR count). The fourth-order valence-electron chi connectivity index (χ4n) is 2.10. The lowest BCUT2D eigenvalue weighted by atomic mass is 10.2. The largest absolute Gasteiger partial charge is 0.462 e. The summed E-state index contributed by atoms with van der Waals surface area (Å²) in [6, 6.07) is 8.84. The third-order valence-electron chi connectivity index (χ3n) is 3.04. The van der Waals surface area contributed by atoms with Gasteiger partial charge < -0.3 is 10.1 Å². The standard InChI is InChI=1S/C13H15N3O/c1-2-6-12-10(4-1)8-15-13(16-12)17-9-11-5-3-7-14-11/h1-2,4,6,8,11,14H,3,5,7,9H2. The van der Waals surface area contributed by atoms with E-state index in [1.165, 1.54) is 12.8 Å². The smallest absolute Gasteiger partial charge is 0.316 e. The summed E-state index contributed by atoms with van der Waals surface area (Å²) in [4.78, 5) is 8.58. The number of benzene rings is 1. The Hall–Kier alpha value is -1.68. The number of para-hydroxylation sites is 1. The number of fused-ring (bicyclic) bond motifs is 1. The van der Waals surface area contributed by atoms with Gasteiger partial charge in [-0.15, -0.1) is 0 Å². The molecule has 0 amide bonds. The molecule has 0 spiro atoms. The molecule has 0 radical (unpaired) electrons. The van der Waals surface area contributed by atoms with Crippen molar-refractivity contribution in [3.8, 4) is 6.01 Å². The van der Waals surface area contributed by atoms with Crippen LogP contribution in [0.1, 0.15) is 12.8 Å². The molecule has 1 aromatic heterocycles. The Morgan fingerprint density at radius 3 is 3.18 bits per heavy atom. The van der Waals surface area contributed by atoms with Crippen molar-refractivity contribution in [2.75, 3.05) is 13.2 Å². The summed E-state index contributed by atoms with van der Waals surface area (Å²) >= 11 is 0. The summed E-state index contributed by atoms with van der Waals surface area (Å²) in [5.74, 6) is 0. The zero-order valence-corrected chi connectivity index (χ0v) is 9.60. The van der Waals surface area contributed by atoms with E-state index in [1.54, 1.807) is 6.20 Å². The van der Waals surface area contributed by atoms with Gasteiger partial charge in [0.05, 0.1) is 5.52 Å². The number of nitrogens with one attached hydrogen (secondary N) is 1. The summed E-state index contributed by atoms with van der Waals surface area (Å²) in [5, 5.41) is 4.42. The molecule has 4 heteroatoms. The third kappa shape index (κ3) is 2.36. The van der Waals surface area contributed by atoms with Crippen molar-refractivity contribution in [2.24, 2.45) is 0 Å². The first-order valence-electron chi connectivity index (χ1n) is 6.00. The van der Waals surface area contributed by atoms with Crippen LogP contribution in [0, 0.1) is 0 Å². The SMILES string of the molecule is c1ccc2nc(OCC3CCCN3)ncc2c1. The van der Waals surface area contributed by atoms with Gasteiger partial charge in [0, 0.05) is 17.6 Å². The van der Waals surface area contributed by atoms with E-state index in [4.69, 9.17) is 4.74 Å². The number of ether oxygens (including phenoxy) is 1. The van der Waals surface area contributed by atoms with Crippen molar-refractivity contribution < 1.29 is 4.74 Å². The van der Waals surface area contributed by atoms with Crippen LogP contribution >= 0.6 is 0 Å². The van der Waals surface area contributed by atoms with E-state index in [1.807, 2.05) is 24.3 Å². The monoisotopic (exact) mass is 229 g/mol. The molecule has 1 unspecified atom stereocenters. The maximum absolute atomic E-state index is 5.61. The normalized spacial score (nSPS) is 19.6. The second kappa shape index (κ2) is 4.67. The average molecular weight is 229 g/mol. The number of nitrogens with zero attached hydrogens (tertiary/aromatic N) is 2.